The van der Waals surface area contributed by atoms with Gasteiger partial charge in [-0.05, 0) is 42.0 Å². The van der Waals surface area contributed by atoms with Crippen molar-refractivity contribution in [2.75, 3.05) is 13.0 Å². The lowest BCUT2D eigenvalue weighted by Crippen LogP contribution is -2.15. The molecule has 0 saturated carbocycles. The Morgan fingerprint density at radius 1 is 1.19 bits per heavy atom. The summed E-state index contributed by atoms with van der Waals surface area (Å²) in [6.07, 6.45) is 0. The highest BCUT2D eigenvalue weighted by Crippen LogP contribution is 2.24. The van der Waals surface area contributed by atoms with Gasteiger partial charge in [-0.15, -0.1) is 10.2 Å². The first-order valence-electron chi connectivity index (χ1n) is 7.60. The van der Waals surface area contributed by atoms with Crippen molar-refractivity contribution in [3.8, 4) is 11.5 Å². The van der Waals surface area contributed by atoms with Crippen LogP contribution in [0.4, 0.5) is 4.39 Å². The smallest absolute Gasteiger partial charge is 0.210 e. The molecule has 3 rings (SSSR count). The topological polar surface area (TPSA) is 75.2 Å². The van der Waals surface area contributed by atoms with E-state index in [9.17, 15) is 4.39 Å². The maximum Gasteiger partial charge on any atom is 0.210 e. The van der Waals surface area contributed by atoms with Crippen molar-refractivity contribution in [2.24, 2.45) is 0 Å². The number of rotatable bonds is 7. The van der Waals surface area contributed by atoms with E-state index in [1.807, 2.05) is 0 Å². The van der Waals surface area contributed by atoms with Crippen molar-refractivity contribution in [1.82, 2.24) is 14.9 Å². The van der Waals surface area contributed by atoms with Gasteiger partial charge in [0, 0.05) is 10.8 Å². The summed E-state index contributed by atoms with van der Waals surface area (Å²) in [7, 11) is 1.43. The van der Waals surface area contributed by atoms with E-state index in [2.05, 4.69) is 10.2 Å². The van der Waals surface area contributed by atoms with Gasteiger partial charge < -0.3 is 15.3 Å². The molecule has 0 bridgehead atoms. The minimum atomic E-state index is -0.406. The lowest BCUT2D eigenvalue weighted by molar-refractivity contribution is 0.291. The van der Waals surface area contributed by atoms with E-state index in [0.717, 1.165) is 5.56 Å². The fourth-order valence-corrected chi connectivity index (χ4v) is 3.07. The summed E-state index contributed by atoms with van der Waals surface area (Å²) >= 11 is 7.18. The van der Waals surface area contributed by atoms with Gasteiger partial charge in [0.2, 0.25) is 5.16 Å². The molecular formula is C17H16ClFN4O2S. The second-order valence-corrected chi connectivity index (χ2v) is 6.65. The van der Waals surface area contributed by atoms with E-state index in [1.54, 1.807) is 36.4 Å². The summed E-state index contributed by atoms with van der Waals surface area (Å²) in [6, 6.07) is 11.8. The first kappa shape index (κ1) is 18.3. The standard InChI is InChI=1S/C17H16ClFN4O2S/c1-24-15-7-2-11(8-14(15)19)10-26-17-22-21-16(23(17)20)9-25-13-5-3-12(18)4-6-13/h2-8H,9-10,20H2,1H3. The van der Waals surface area contributed by atoms with Crippen LogP contribution in [-0.2, 0) is 12.4 Å². The summed E-state index contributed by atoms with van der Waals surface area (Å²) in [4.78, 5) is 0. The second kappa shape index (κ2) is 8.29. The molecule has 0 aliphatic rings. The molecule has 0 radical (unpaired) electrons. The molecule has 1 heterocycles. The molecule has 2 aromatic carbocycles. The molecule has 0 atom stereocenters. The number of hydrogen-bond acceptors (Lipinski definition) is 6. The third kappa shape index (κ3) is 4.39. The number of nitrogens with two attached hydrogens (primary N) is 1. The van der Waals surface area contributed by atoms with E-state index in [1.165, 1.54) is 29.6 Å². The Morgan fingerprint density at radius 3 is 2.65 bits per heavy atom. The monoisotopic (exact) mass is 394 g/mol. The highest BCUT2D eigenvalue weighted by Gasteiger charge is 2.12. The lowest BCUT2D eigenvalue weighted by atomic mass is 10.2. The van der Waals surface area contributed by atoms with Crippen LogP contribution in [0.25, 0.3) is 0 Å². The summed E-state index contributed by atoms with van der Waals surface area (Å²) < 4.78 is 25.6. The molecule has 9 heteroatoms. The Bertz CT molecular complexity index is 889. The number of hydrogen-bond donors (Lipinski definition) is 1. The normalized spacial score (nSPS) is 10.7. The van der Waals surface area contributed by atoms with Gasteiger partial charge in [0.15, 0.2) is 17.4 Å². The highest BCUT2D eigenvalue weighted by atomic mass is 35.5. The van der Waals surface area contributed by atoms with Gasteiger partial charge >= 0.3 is 0 Å². The lowest BCUT2D eigenvalue weighted by Gasteiger charge is -2.07. The molecular weight excluding hydrogens is 379 g/mol. The molecule has 0 spiro atoms. The zero-order valence-corrected chi connectivity index (χ0v) is 15.4. The minimum Gasteiger partial charge on any atom is -0.494 e. The molecule has 3 aromatic rings. The zero-order valence-electron chi connectivity index (χ0n) is 13.9. The van der Waals surface area contributed by atoms with Crippen LogP contribution in [0.5, 0.6) is 11.5 Å². The van der Waals surface area contributed by atoms with E-state index in [-0.39, 0.29) is 12.4 Å². The Labute approximate surface area is 159 Å². The van der Waals surface area contributed by atoms with Crippen LogP contribution in [0.2, 0.25) is 5.02 Å². The van der Waals surface area contributed by atoms with Gasteiger partial charge in [-0.3, -0.25) is 0 Å². The average Bonchev–Trinajstić information content (AvgIpc) is 2.99. The summed E-state index contributed by atoms with van der Waals surface area (Å²) in [5, 5.41) is 9.21. The van der Waals surface area contributed by atoms with E-state index < -0.39 is 5.82 Å². The zero-order chi connectivity index (χ0) is 18.5. The van der Waals surface area contributed by atoms with E-state index in [0.29, 0.717) is 27.5 Å². The number of halogens is 2. The van der Waals surface area contributed by atoms with Crippen LogP contribution >= 0.6 is 23.4 Å². The number of benzene rings is 2. The molecule has 26 heavy (non-hydrogen) atoms. The van der Waals surface area contributed by atoms with Crippen LogP contribution < -0.4 is 15.3 Å². The molecule has 0 amide bonds. The van der Waals surface area contributed by atoms with E-state index in [4.69, 9.17) is 26.9 Å². The van der Waals surface area contributed by atoms with Gasteiger partial charge in [0.1, 0.15) is 12.4 Å². The number of thioether (sulfide) groups is 1. The Kier molecular flexibility index (Phi) is 5.85. The number of nitrogens with zero attached hydrogens (tertiary/aromatic N) is 3. The maximum absolute atomic E-state index is 13.7. The predicted molar refractivity (Wildman–Crippen MR) is 98.5 cm³/mol. The SMILES string of the molecule is COc1ccc(CSc2nnc(COc3ccc(Cl)cc3)n2N)cc1F. The number of methoxy groups -OCH3 is 1. The van der Waals surface area contributed by atoms with E-state index >= 15 is 0 Å². The van der Waals surface area contributed by atoms with Crippen molar-refractivity contribution < 1.29 is 13.9 Å². The van der Waals surface area contributed by atoms with Gasteiger partial charge in [0.05, 0.1) is 7.11 Å². The largest absolute Gasteiger partial charge is 0.494 e. The molecule has 0 aliphatic carbocycles. The summed E-state index contributed by atoms with van der Waals surface area (Å²) in [5.74, 6) is 7.43. The van der Waals surface area contributed by atoms with Crippen LogP contribution in [-0.4, -0.2) is 22.0 Å². The Hall–Kier alpha value is -2.45. The Morgan fingerprint density at radius 2 is 1.96 bits per heavy atom. The number of nitrogen functional groups attached to an aromatic ring is 1. The van der Waals surface area contributed by atoms with Gasteiger partial charge in [0.25, 0.3) is 0 Å². The van der Waals surface area contributed by atoms with Gasteiger partial charge in [-0.25, -0.2) is 9.07 Å². The number of aromatic nitrogens is 3. The Balaban J connectivity index is 1.60. The van der Waals surface area contributed by atoms with Crippen LogP contribution in [0.15, 0.2) is 47.6 Å². The highest BCUT2D eigenvalue weighted by molar-refractivity contribution is 7.98. The molecule has 136 valence electrons. The fourth-order valence-electron chi connectivity index (χ4n) is 2.13. The fraction of sp³-hybridized carbons (Fsp3) is 0.176. The molecule has 0 fully saturated rings. The third-order valence-electron chi connectivity index (χ3n) is 3.50. The molecule has 0 aliphatic heterocycles. The van der Waals surface area contributed by atoms with Crippen molar-refractivity contribution in [3.63, 3.8) is 0 Å². The van der Waals surface area contributed by atoms with Crippen molar-refractivity contribution in [2.45, 2.75) is 17.5 Å². The van der Waals surface area contributed by atoms with Crippen LogP contribution in [0.1, 0.15) is 11.4 Å². The quantitative estimate of drug-likeness (QED) is 0.487. The van der Waals surface area contributed by atoms with Crippen molar-refractivity contribution >= 4 is 23.4 Å². The van der Waals surface area contributed by atoms with Crippen molar-refractivity contribution in [1.29, 1.82) is 0 Å². The van der Waals surface area contributed by atoms with Gasteiger partial charge in [-0.1, -0.05) is 29.4 Å². The average molecular weight is 395 g/mol. The van der Waals surface area contributed by atoms with Crippen LogP contribution in [0, 0.1) is 5.82 Å². The van der Waals surface area contributed by atoms with Gasteiger partial charge in [-0.2, -0.15) is 0 Å². The molecule has 0 unspecified atom stereocenters. The molecule has 6 nitrogen and oxygen atoms in total. The first-order chi connectivity index (χ1) is 12.6. The van der Waals surface area contributed by atoms with Crippen molar-refractivity contribution in [3.05, 3.63) is 64.7 Å². The van der Waals surface area contributed by atoms with Crippen LogP contribution in [0.3, 0.4) is 0 Å². The molecule has 2 N–H and O–H groups in total. The molecule has 1 aromatic heterocycles. The first-order valence-corrected chi connectivity index (χ1v) is 8.96. The maximum atomic E-state index is 13.7. The summed E-state index contributed by atoms with van der Waals surface area (Å²) in [6.45, 7) is 0.170. The molecule has 0 saturated heterocycles. The summed E-state index contributed by atoms with van der Waals surface area (Å²) in [5.41, 5.74) is 0.787. The third-order valence-corrected chi connectivity index (χ3v) is 4.77. The minimum absolute atomic E-state index is 0.170. The second-order valence-electron chi connectivity index (χ2n) is 5.27. The number of ether oxygens (including phenoxy) is 2. The predicted octanol–water partition coefficient (Wildman–Crippen LogP) is 3.66.